The van der Waals surface area contributed by atoms with Crippen molar-refractivity contribution < 1.29 is 9.53 Å². The van der Waals surface area contributed by atoms with E-state index in [1.54, 1.807) is 0 Å². The van der Waals surface area contributed by atoms with Crippen molar-refractivity contribution in [1.82, 2.24) is 0 Å². The molecule has 3 rings (SSSR count). The highest BCUT2D eigenvalue weighted by molar-refractivity contribution is 5.98. The highest BCUT2D eigenvalue weighted by Crippen LogP contribution is 2.42. The molecule has 1 saturated heterocycles. The molecule has 1 atom stereocenters. The van der Waals surface area contributed by atoms with Crippen LogP contribution >= 0.6 is 0 Å². The molecule has 20 heavy (non-hydrogen) atoms. The Labute approximate surface area is 121 Å². The number of benzene rings is 1. The first kappa shape index (κ1) is 13.8. The summed E-state index contributed by atoms with van der Waals surface area (Å²) in [6, 6.07) is 8.16. The van der Waals surface area contributed by atoms with E-state index in [0.717, 1.165) is 44.3 Å². The molecule has 1 aromatic carbocycles. The molecule has 2 fully saturated rings. The normalized spacial score (nSPS) is 24.9. The maximum absolute atomic E-state index is 12.7. The van der Waals surface area contributed by atoms with Gasteiger partial charge in [-0.3, -0.25) is 4.79 Å². The van der Waals surface area contributed by atoms with Gasteiger partial charge in [0, 0.05) is 18.1 Å². The number of rotatable bonds is 3. The highest BCUT2D eigenvalue weighted by Gasteiger charge is 2.41. The first-order valence-electron chi connectivity index (χ1n) is 7.99. The van der Waals surface area contributed by atoms with Gasteiger partial charge in [0.05, 0.1) is 5.60 Å². The number of ether oxygens (including phenoxy) is 1. The number of hydrogen-bond acceptors (Lipinski definition) is 2. The predicted octanol–water partition coefficient (Wildman–Crippen LogP) is 4.17. The second-order valence-corrected chi connectivity index (χ2v) is 6.34. The lowest BCUT2D eigenvalue weighted by atomic mass is 9.80. The van der Waals surface area contributed by atoms with Crippen LogP contribution in [0.5, 0.6) is 0 Å². The Bertz CT molecular complexity index is 469. The summed E-state index contributed by atoms with van der Waals surface area (Å²) in [5.74, 6) is 0.483. The van der Waals surface area contributed by atoms with E-state index in [2.05, 4.69) is 19.1 Å². The highest BCUT2D eigenvalue weighted by atomic mass is 16.5. The third-order valence-electron chi connectivity index (χ3n) is 5.03. The number of Topliss-reactive ketones (excluding diaryl/α,β-unsaturated/α-hetero) is 1. The van der Waals surface area contributed by atoms with Crippen LogP contribution in [0.2, 0.25) is 0 Å². The SMILES string of the molecule is CCc1ccc(C(=O)C2CCOC3(CCCC3)C2)cc1. The number of hydrogen-bond donors (Lipinski definition) is 0. The van der Waals surface area contributed by atoms with Crippen molar-refractivity contribution in [2.75, 3.05) is 6.61 Å². The van der Waals surface area contributed by atoms with Crippen molar-refractivity contribution in [3.63, 3.8) is 0 Å². The Balaban J connectivity index is 1.72. The standard InChI is InChI=1S/C18H24O2/c1-2-14-5-7-15(8-6-14)17(19)16-9-12-20-18(13-16)10-3-4-11-18/h5-8,16H,2-4,9-13H2,1H3. The van der Waals surface area contributed by atoms with Gasteiger partial charge in [-0.05, 0) is 37.7 Å². The third-order valence-corrected chi connectivity index (χ3v) is 5.03. The van der Waals surface area contributed by atoms with Crippen LogP contribution in [0.1, 0.15) is 61.4 Å². The van der Waals surface area contributed by atoms with Gasteiger partial charge in [0.25, 0.3) is 0 Å². The van der Waals surface area contributed by atoms with Crippen LogP contribution in [-0.2, 0) is 11.2 Å². The molecule has 108 valence electrons. The lowest BCUT2D eigenvalue weighted by Crippen LogP contribution is -2.39. The summed E-state index contributed by atoms with van der Waals surface area (Å²) in [5, 5.41) is 0. The van der Waals surface area contributed by atoms with Crippen LogP contribution in [0.4, 0.5) is 0 Å². The molecular formula is C18H24O2. The summed E-state index contributed by atoms with van der Waals surface area (Å²) in [6.45, 7) is 2.89. The second-order valence-electron chi connectivity index (χ2n) is 6.34. The summed E-state index contributed by atoms with van der Waals surface area (Å²) in [7, 11) is 0. The molecule has 1 aliphatic heterocycles. The zero-order valence-electron chi connectivity index (χ0n) is 12.4. The number of aryl methyl sites for hydroxylation is 1. The average molecular weight is 272 g/mol. The molecule has 1 aliphatic carbocycles. The van der Waals surface area contributed by atoms with Crippen molar-refractivity contribution in [1.29, 1.82) is 0 Å². The lowest BCUT2D eigenvalue weighted by Gasteiger charge is -2.37. The van der Waals surface area contributed by atoms with Crippen LogP contribution in [0.25, 0.3) is 0 Å². The van der Waals surface area contributed by atoms with Crippen molar-refractivity contribution in [2.24, 2.45) is 5.92 Å². The molecule has 1 spiro atoms. The van der Waals surface area contributed by atoms with E-state index in [4.69, 9.17) is 4.74 Å². The summed E-state index contributed by atoms with van der Waals surface area (Å²) in [4.78, 5) is 12.7. The van der Waals surface area contributed by atoms with Gasteiger partial charge in [-0.2, -0.15) is 0 Å². The van der Waals surface area contributed by atoms with Gasteiger partial charge >= 0.3 is 0 Å². The Morgan fingerprint density at radius 1 is 1.25 bits per heavy atom. The van der Waals surface area contributed by atoms with Crippen molar-refractivity contribution >= 4 is 5.78 Å². The molecule has 1 saturated carbocycles. The quantitative estimate of drug-likeness (QED) is 0.772. The van der Waals surface area contributed by atoms with Gasteiger partial charge in [0.15, 0.2) is 5.78 Å². The summed E-state index contributed by atoms with van der Waals surface area (Å²) in [6.07, 6.45) is 7.64. The molecule has 1 aromatic rings. The number of carbonyl (C=O) groups is 1. The van der Waals surface area contributed by atoms with E-state index >= 15 is 0 Å². The topological polar surface area (TPSA) is 26.3 Å². The Morgan fingerprint density at radius 3 is 2.60 bits per heavy atom. The first-order valence-corrected chi connectivity index (χ1v) is 7.99. The maximum atomic E-state index is 12.7. The molecule has 1 unspecified atom stereocenters. The van der Waals surface area contributed by atoms with Crippen LogP contribution in [0.3, 0.4) is 0 Å². The zero-order valence-corrected chi connectivity index (χ0v) is 12.4. The van der Waals surface area contributed by atoms with Gasteiger partial charge in [0.2, 0.25) is 0 Å². The van der Waals surface area contributed by atoms with E-state index in [-0.39, 0.29) is 11.5 Å². The Kier molecular flexibility index (Phi) is 3.93. The Hall–Kier alpha value is -1.15. The number of ketones is 1. The maximum Gasteiger partial charge on any atom is 0.166 e. The fraction of sp³-hybridized carbons (Fsp3) is 0.611. The van der Waals surface area contributed by atoms with Crippen LogP contribution in [0, 0.1) is 5.92 Å². The molecule has 1 heterocycles. The molecule has 0 radical (unpaired) electrons. The van der Waals surface area contributed by atoms with Crippen LogP contribution in [0.15, 0.2) is 24.3 Å². The van der Waals surface area contributed by atoms with Crippen molar-refractivity contribution in [2.45, 2.75) is 57.5 Å². The minimum absolute atomic E-state index is 0.0297. The van der Waals surface area contributed by atoms with Gasteiger partial charge in [-0.25, -0.2) is 0 Å². The monoisotopic (exact) mass is 272 g/mol. The van der Waals surface area contributed by atoms with Gasteiger partial charge in [0.1, 0.15) is 0 Å². The number of carbonyl (C=O) groups excluding carboxylic acids is 1. The summed E-state index contributed by atoms with van der Waals surface area (Å²) < 4.78 is 6.03. The average Bonchev–Trinajstić information content (AvgIpc) is 2.94. The van der Waals surface area contributed by atoms with E-state index < -0.39 is 0 Å². The van der Waals surface area contributed by atoms with Gasteiger partial charge < -0.3 is 4.74 Å². The van der Waals surface area contributed by atoms with E-state index in [9.17, 15) is 4.79 Å². The van der Waals surface area contributed by atoms with E-state index in [0.29, 0.717) is 5.78 Å². The van der Waals surface area contributed by atoms with Crippen LogP contribution < -0.4 is 0 Å². The fourth-order valence-electron chi connectivity index (χ4n) is 3.76. The third kappa shape index (κ3) is 2.67. The van der Waals surface area contributed by atoms with Crippen molar-refractivity contribution in [3.05, 3.63) is 35.4 Å². The minimum Gasteiger partial charge on any atom is -0.375 e. The van der Waals surface area contributed by atoms with Crippen molar-refractivity contribution in [3.8, 4) is 0 Å². The second kappa shape index (κ2) is 5.69. The predicted molar refractivity (Wildman–Crippen MR) is 80.0 cm³/mol. The minimum atomic E-state index is 0.0297. The largest absolute Gasteiger partial charge is 0.375 e. The smallest absolute Gasteiger partial charge is 0.166 e. The first-order chi connectivity index (χ1) is 9.72. The Morgan fingerprint density at radius 2 is 1.95 bits per heavy atom. The van der Waals surface area contributed by atoms with E-state index in [1.165, 1.54) is 18.4 Å². The van der Waals surface area contributed by atoms with Crippen LogP contribution in [-0.4, -0.2) is 18.0 Å². The summed E-state index contributed by atoms with van der Waals surface area (Å²) in [5.41, 5.74) is 2.20. The molecule has 2 heteroatoms. The molecule has 0 N–H and O–H groups in total. The zero-order chi connectivity index (χ0) is 14.0. The molecule has 2 nitrogen and oxygen atoms in total. The molecular weight excluding hydrogens is 248 g/mol. The lowest BCUT2D eigenvalue weighted by molar-refractivity contribution is -0.0866. The molecule has 0 aromatic heterocycles. The summed E-state index contributed by atoms with van der Waals surface area (Å²) >= 11 is 0. The fourth-order valence-corrected chi connectivity index (χ4v) is 3.76. The van der Waals surface area contributed by atoms with E-state index in [1.807, 2.05) is 12.1 Å². The van der Waals surface area contributed by atoms with Gasteiger partial charge in [-0.1, -0.05) is 44.0 Å². The molecule has 2 aliphatic rings. The molecule has 0 bridgehead atoms. The molecule has 0 amide bonds. The van der Waals surface area contributed by atoms with Gasteiger partial charge in [-0.15, -0.1) is 0 Å².